The van der Waals surface area contributed by atoms with Crippen molar-refractivity contribution in [3.63, 3.8) is 0 Å². The van der Waals surface area contributed by atoms with Gasteiger partial charge in [-0.3, -0.25) is 9.20 Å². The standard InChI is InChI=1S/C18H19N3O4S/c1-23-14-5-4-12(10-15(14)24-2)13-11-16-19-7-8-21(16)18(20-13)26-9-6-17(22)25-3/h4-5,7-8,10-11H,6,9H2,1-3H3. The summed E-state index contributed by atoms with van der Waals surface area (Å²) in [5.41, 5.74) is 2.44. The Kier molecular flexibility index (Phi) is 5.62. The van der Waals surface area contributed by atoms with E-state index >= 15 is 0 Å². The highest BCUT2D eigenvalue weighted by molar-refractivity contribution is 7.99. The van der Waals surface area contributed by atoms with E-state index in [1.54, 1.807) is 20.4 Å². The van der Waals surface area contributed by atoms with E-state index in [9.17, 15) is 4.79 Å². The lowest BCUT2D eigenvalue weighted by atomic mass is 10.1. The van der Waals surface area contributed by atoms with Crippen LogP contribution in [0.15, 0.2) is 41.8 Å². The van der Waals surface area contributed by atoms with Crippen LogP contribution in [-0.4, -0.2) is 47.4 Å². The lowest BCUT2D eigenvalue weighted by molar-refractivity contribution is -0.140. The van der Waals surface area contributed by atoms with Crippen LogP contribution in [0.3, 0.4) is 0 Å². The Morgan fingerprint density at radius 3 is 2.69 bits per heavy atom. The summed E-state index contributed by atoms with van der Waals surface area (Å²) in [5, 5.41) is 0.758. The van der Waals surface area contributed by atoms with Crippen molar-refractivity contribution in [2.45, 2.75) is 11.6 Å². The molecule has 0 aliphatic carbocycles. The van der Waals surface area contributed by atoms with E-state index in [2.05, 4.69) is 9.72 Å². The molecule has 0 atom stereocenters. The molecule has 0 saturated carbocycles. The van der Waals surface area contributed by atoms with Crippen LogP contribution in [0.5, 0.6) is 11.5 Å². The quantitative estimate of drug-likeness (QED) is 0.358. The number of ether oxygens (including phenoxy) is 3. The smallest absolute Gasteiger partial charge is 0.306 e. The van der Waals surface area contributed by atoms with Crippen LogP contribution in [0.1, 0.15) is 6.42 Å². The maximum absolute atomic E-state index is 11.3. The summed E-state index contributed by atoms with van der Waals surface area (Å²) in [6, 6.07) is 7.55. The van der Waals surface area contributed by atoms with Gasteiger partial charge in [-0.15, -0.1) is 0 Å². The van der Waals surface area contributed by atoms with Crippen molar-refractivity contribution < 1.29 is 19.0 Å². The van der Waals surface area contributed by atoms with Gasteiger partial charge >= 0.3 is 5.97 Å². The van der Waals surface area contributed by atoms with E-state index in [1.165, 1.54) is 18.9 Å². The molecule has 0 radical (unpaired) electrons. The second kappa shape index (κ2) is 8.09. The normalized spacial score (nSPS) is 10.7. The summed E-state index contributed by atoms with van der Waals surface area (Å²) >= 11 is 1.48. The number of imidazole rings is 1. The number of fused-ring (bicyclic) bond motifs is 1. The fourth-order valence-electron chi connectivity index (χ4n) is 2.47. The van der Waals surface area contributed by atoms with Crippen molar-refractivity contribution in [1.29, 1.82) is 0 Å². The third-order valence-corrected chi connectivity index (χ3v) is 4.76. The molecule has 0 N–H and O–H groups in total. The zero-order valence-corrected chi connectivity index (χ0v) is 15.6. The molecule has 26 heavy (non-hydrogen) atoms. The Balaban J connectivity index is 1.95. The van der Waals surface area contributed by atoms with Gasteiger partial charge in [-0.1, -0.05) is 11.8 Å². The van der Waals surface area contributed by atoms with Crippen molar-refractivity contribution in [3.8, 4) is 22.8 Å². The molecule has 7 nitrogen and oxygen atoms in total. The maximum atomic E-state index is 11.3. The first-order valence-corrected chi connectivity index (χ1v) is 8.91. The Hall–Kier alpha value is -2.74. The molecule has 0 aliphatic rings. The van der Waals surface area contributed by atoms with Crippen LogP contribution < -0.4 is 9.47 Å². The minimum absolute atomic E-state index is 0.240. The molecule has 0 fully saturated rings. The largest absolute Gasteiger partial charge is 0.493 e. The number of thioether (sulfide) groups is 1. The predicted octanol–water partition coefficient (Wildman–Crippen LogP) is 3.07. The molecular formula is C18H19N3O4S. The first-order valence-electron chi connectivity index (χ1n) is 7.92. The van der Waals surface area contributed by atoms with Crippen LogP contribution >= 0.6 is 11.8 Å². The van der Waals surface area contributed by atoms with E-state index in [-0.39, 0.29) is 5.97 Å². The first kappa shape index (κ1) is 18.1. The van der Waals surface area contributed by atoms with Gasteiger partial charge in [-0.2, -0.15) is 0 Å². The van der Waals surface area contributed by atoms with E-state index < -0.39 is 0 Å². The highest BCUT2D eigenvalue weighted by Gasteiger charge is 2.12. The van der Waals surface area contributed by atoms with E-state index in [1.807, 2.05) is 34.9 Å². The molecule has 2 aromatic heterocycles. The number of nitrogens with zero attached hydrogens (tertiary/aromatic N) is 3. The monoisotopic (exact) mass is 373 g/mol. The number of carbonyl (C=O) groups is 1. The van der Waals surface area contributed by atoms with Crippen LogP contribution in [0.25, 0.3) is 16.9 Å². The van der Waals surface area contributed by atoms with Gasteiger partial charge in [0.05, 0.1) is 33.4 Å². The minimum Gasteiger partial charge on any atom is -0.493 e. The van der Waals surface area contributed by atoms with Gasteiger partial charge in [0, 0.05) is 29.8 Å². The van der Waals surface area contributed by atoms with Gasteiger partial charge in [-0.05, 0) is 18.2 Å². The highest BCUT2D eigenvalue weighted by atomic mass is 32.2. The molecule has 3 aromatic rings. The fraction of sp³-hybridized carbons (Fsp3) is 0.278. The Labute approximate surface area is 155 Å². The van der Waals surface area contributed by atoms with Crippen LogP contribution in [0, 0.1) is 0 Å². The summed E-state index contributed by atoms with van der Waals surface area (Å²) in [6.07, 6.45) is 3.89. The maximum Gasteiger partial charge on any atom is 0.306 e. The number of esters is 1. The molecule has 0 unspecified atom stereocenters. The predicted molar refractivity (Wildman–Crippen MR) is 98.9 cm³/mol. The number of rotatable bonds is 7. The molecule has 0 aliphatic heterocycles. The minimum atomic E-state index is -0.240. The SMILES string of the molecule is COC(=O)CCSc1nc(-c2ccc(OC)c(OC)c2)cc2nccn12. The van der Waals surface area contributed by atoms with Gasteiger partial charge in [0.1, 0.15) is 5.65 Å². The second-order valence-electron chi connectivity index (χ2n) is 5.32. The van der Waals surface area contributed by atoms with Crippen LogP contribution in [0.4, 0.5) is 0 Å². The molecule has 0 saturated heterocycles. The van der Waals surface area contributed by atoms with Gasteiger partial charge in [0.2, 0.25) is 0 Å². The summed E-state index contributed by atoms with van der Waals surface area (Å²) < 4.78 is 17.2. The second-order valence-corrected chi connectivity index (χ2v) is 6.39. The number of methoxy groups -OCH3 is 3. The van der Waals surface area contributed by atoms with Crippen molar-refractivity contribution in [3.05, 3.63) is 36.7 Å². The summed E-state index contributed by atoms with van der Waals surface area (Å²) in [6.45, 7) is 0. The van der Waals surface area contributed by atoms with E-state index in [4.69, 9.17) is 14.5 Å². The number of carbonyl (C=O) groups excluding carboxylic acids is 1. The van der Waals surface area contributed by atoms with Crippen LogP contribution in [-0.2, 0) is 9.53 Å². The highest BCUT2D eigenvalue weighted by Crippen LogP contribution is 2.32. The first-order chi connectivity index (χ1) is 12.7. The van der Waals surface area contributed by atoms with Crippen molar-refractivity contribution >= 4 is 23.4 Å². The number of hydrogen-bond donors (Lipinski definition) is 0. The van der Waals surface area contributed by atoms with Crippen LogP contribution in [0.2, 0.25) is 0 Å². The molecule has 2 heterocycles. The molecule has 0 amide bonds. The Morgan fingerprint density at radius 2 is 1.96 bits per heavy atom. The van der Waals surface area contributed by atoms with Gasteiger partial charge in [0.15, 0.2) is 16.7 Å². The fourth-order valence-corrected chi connectivity index (χ4v) is 3.38. The molecule has 136 valence electrons. The number of aromatic nitrogens is 3. The van der Waals surface area contributed by atoms with Crippen molar-refractivity contribution in [2.24, 2.45) is 0 Å². The molecule has 3 rings (SSSR count). The molecule has 1 aromatic carbocycles. The zero-order chi connectivity index (χ0) is 18.5. The van der Waals surface area contributed by atoms with Gasteiger partial charge < -0.3 is 14.2 Å². The topological polar surface area (TPSA) is 75.0 Å². The summed E-state index contributed by atoms with van der Waals surface area (Å²) in [5.74, 6) is 1.62. The zero-order valence-electron chi connectivity index (χ0n) is 14.8. The van der Waals surface area contributed by atoms with Crippen molar-refractivity contribution in [1.82, 2.24) is 14.4 Å². The lowest BCUT2D eigenvalue weighted by Crippen LogP contribution is -2.03. The summed E-state index contributed by atoms with van der Waals surface area (Å²) in [7, 11) is 4.58. The van der Waals surface area contributed by atoms with E-state index in [0.717, 1.165) is 22.1 Å². The molecule has 0 spiro atoms. The Morgan fingerprint density at radius 1 is 1.15 bits per heavy atom. The average Bonchev–Trinajstić information content (AvgIpc) is 3.15. The molecule has 0 bridgehead atoms. The third kappa shape index (κ3) is 3.75. The number of hydrogen-bond acceptors (Lipinski definition) is 7. The third-order valence-electron chi connectivity index (χ3n) is 3.80. The summed E-state index contributed by atoms with van der Waals surface area (Å²) in [4.78, 5) is 20.4. The Bertz CT molecular complexity index is 926. The van der Waals surface area contributed by atoms with E-state index in [0.29, 0.717) is 23.7 Å². The molecule has 8 heteroatoms. The van der Waals surface area contributed by atoms with Gasteiger partial charge in [-0.25, -0.2) is 9.97 Å². The number of benzene rings is 1. The van der Waals surface area contributed by atoms with Crippen molar-refractivity contribution in [2.75, 3.05) is 27.1 Å². The van der Waals surface area contributed by atoms with Gasteiger partial charge in [0.25, 0.3) is 0 Å². The lowest BCUT2D eigenvalue weighted by Gasteiger charge is -2.11. The molecular weight excluding hydrogens is 354 g/mol. The average molecular weight is 373 g/mol.